The predicted molar refractivity (Wildman–Crippen MR) is 93.6 cm³/mol. The van der Waals surface area contributed by atoms with Crippen LogP contribution in [0.1, 0.15) is 16.7 Å². The Morgan fingerprint density at radius 1 is 1.22 bits per heavy atom. The van der Waals surface area contributed by atoms with Crippen LogP contribution in [-0.4, -0.2) is 30.3 Å². The molecule has 0 unspecified atom stereocenters. The molecule has 1 aromatic carbocycles. The number of aryl methyl sites for hydroxylation is 2. The highest BCUT2D eigenvalue weighted by Gasteiger charge is 2.69. The van der Waals surface area contributed by atoms with Crippen LogP contribution in [0, 0.1) is 13.8 Å². The molecule has 0 saturated carbocycles. The number of anilines is 1. The molecule has 2 aromatic rings. The maximum Gasteiger partial charge on any atom is 0.421 e. The Morgan fingerprint density at radius 2 is 1.89 bits per heavy atom. The summed E-state index contributed by atoms with van der Waals surface area (Å²) in [6.45, 7) is 3.34. The summed E-state index contributed by atoms with van der Waals surface area (Å²) < 4.78 is 44.6. The number of rotatable bonds is 2. The Labute approximate surface area is 157 Å². The average Bonchev–Trinajstić information content (AvgIpc) is 2.84. The number of carbonyl (C=O) groups excluding carboxylic acids is 2. The minimum Gasteiger partial charge on any atom is -0.452 e. The number of ether oxygens (including phenoxy) is 1. The van der Waals surface area contributed by atoms with Gasteiger partial charge in [-0.2, -0.15) is 13.2 Å². The summed E-state index contributed by atoms with van der Waals surface area (Å²) in [5.74, 6) is -1.42. The first kappa shape index (κ1) is 19.2. The number of benzene rings is 1. The third kappa shape index (κ3) is 2.86. The summed E-state index contributed by atoms with van der Waals surface area (Å²) in [4.78, 5) is 29.5. The summed E-state index contributed by atoms with van der Waals surface area (Å²) in [7, 11) is 1.01. The number of hydrogen-bond donors (Lipinski definition) is 0. The maximum absolute atomic E-state index is 14.4. The van der Waals surface area contributed by atoms with Crippen LogP contribution in [0.2, 0.25) is 0 Å². The van der Waals surface area contributed by atoms with Gasteiger partial charge in [0.05, 0.1) is 17.8 Å². The van der Waals surface area contributed by atoms with E-state index in [1.165, 1.54) is 30.5 Å². The minimum absolute atomic E-state index is 0.0130. The Morgan fingerprint density at radius 3 is 2.44 bits per heavy atom. The van der Waals surface area contributed by atoms with E-state index < -0.39 is 22.9 Å². The summed E-state index contributed by atoms with van der Waals surface area (Å²) in [5, 5.41) is 0.0130. The number of methoxy groups -OCH3 is 1. The second-order valence-corrected chi connectivity index (χ2v) is 7.25. The van der Waals surface area contributed by atoms with Gasteiger partial charge in [-0.05, 0) is 43.2 Å². The molecule has 1 aliphatic rings. The Bertz CT molecular complexity index is 918. The molecule has 0 fully saturated rings. The molecule has 0 bridgehead atoms. The van der Waals surface area contributed by atoms with Crippen molar-refractivity contribution in [3.05, 3.63) is 53.2 Å². The molecule has 1 aromatic heterocycles. The molecule has 3 rings (SSSR count). The number of pyridine rings is 1. The van der Waals surface area contributed by atoms with E-state index in [0.717, 1.165) is 7.11 Å². The molecule has 1 atom stereocenters. The number of thioether (sulfide) groups is 1. The van der Waals surface area contributed by atoms with Crippen molar-refractivity contribution in [2.45, 2.75) is 29.8 Å². The highest BCUT2D eigenvalue weighted by molar-refractivity contribution is 8.01. The van der Waals surface area contributed by atoms with E-state index in [0.29, 0.717) is 16.0 Å². The van der Waals surface area contributed by atoms with E-state index in [-0.39, 0.29) is 28.0 Å². The lowest BCUT2D eigenvalue weighted by Crippen LogP contribution is -2.49. The number of nitrogens with zero attached hydrogens (tertiary/aromatic N) is 2. The molecule has 142 valence electrons. The van der Waals surface area contributed by atoms with E-state index in [2.05, 4.69) is 9.72 Å². The van der Waals surface area contributed by atoms with E-state index in [4.69, 9.17) is 0 Å². The van der Waals surface area contributed by atoms with Gasteiger partial charge in [0.2, 0.25) is 4.75 Å². The molecular weight excluding hydrogens is 381 g/mol. The molecule has 2 heterocycles. The van der Waals surface area contributed by atoms with Crippen molar-refractivity contribution in [3.8, 4) is 0 Å². The van der Waals surface area contributed by atoms with E-state index in [1.54, 1.807) is 19.9 Å². The van der Waals surface area contributed by atoms with Crippen LogP contribution in [-0.2, 0) is 14.3 Å². The zero-order chi connectivity index (χ0) is 20.0. The Balaban J connectivity index is 2.32. The van der Waals surface area contributed by atoms with E-state index in [9.17, 15) is 22.8 Å². The van der Waals surface area contributed by atoms with Gasteiger partial charge in [-0.1, -0.05) is 23.9 Å². The van der Waals surface area contributed by atoms with Crippen LogP contribution in [0.25, 0.3) is 0 Å². The summed E-state index contributed by atoms with van der Waals surface area (Å²) in [6, 6.07) is 7.16. The first-order chi connectivity index (χ1) is 12.6. The van der Waals surface area contributed by atoms with Gasteiger partial charge in [-0.15, -0.1) is 0 Å². The van der Waals surface area contributed by atoms with Gasteiger partial charge < -0.3 is 4.74 Å². The number of amides is 2. The molecule has 1 aliphatic heterocycles. The number of alkyl halides is 3. The van der Waals surface area contributed by atoms with Crippen molar-refractivity contribution >= 4 is 29.4 Å². The monoisotopic (exact) mass is 396 g/mol. The van der Waals surface area contributed by atoms with Gasteiger partial charge in [0.25, 0.3) is 5.91 Å². The van der Waals surface area contributed by atoms with Crippen LogP contribution >= 0.6 is 11.8 Å². The predicted octanol–water partition coefficient (Wildman–Crippen LogP) is 4.36. The van der Waals surface area contributed by atoms with Crippen LogP contribution < -0.4 is 4.90 Å². The molecule has 0 N–H and O–H groups in total. The SMILES string of the molecule is COC(=O)N1C(=O)[C@@](Sc2ccccn2)(C(F)(F)F)c2cc(C)c(C)cc21. The van der Waals surface area contributed by atoms with E-state index in [1.807, 2.05) is 0 Å². The lowest BCUT2D eigenvalue weighted by atomic mass is 9.95. The van der Waals surface area contributed by atoms with Crippen LogP contribution in [0.3, 0.4) is 0 Å². The number of halogens is 3. The van der Waals surface area contributed by atoms with Gasteiger partial charge in [0.15, 0.2) is 0 Å². The lowest BCUT2D eigenvalue weighted by molar-refractivity contribution is -0.169. The second kappa shape index (κ2) is 6.56. The normalized spacial score (nSPS) is 19.2. The fourth-order valence-corrected chi connectivity index (χ4v) is 4.06. The van der Waals surface area contributed by atoms with Crippen LogP contribution in [0.5, 0.6) is 0 Å². The van der Waals surface area contributed by atoms with Gasteiger partial charge >= 0.3 is 12.3 Å². The fourth-order valence-electron chi connectivity index (χ4n) is 2.92. The molecule has 0 aliphatic carbocycles. The van der Waals surface area contributed by atoms with Gasteiger partial charge in [-0.3, -0.25) is 4.79 Å². The zero-order valence-electron chi connectivity index (χ0n) is 14.6. The molecule has 0 saturated heterocycles. The minimum atomic E-state index is -4.98. The zero-order valence-corrected chi connectivity index (χ0v) is 15.4. The topological polar surface area (TPSA) is 59.5 Å². The van der Waals surface area contributed by atoms with Crippen LogP contribution in [0.4, 0.5) is 23.7 Å². The first-order valence-corrected chi connectivity index (χ1v) is 8.66. The fraction of sp³-hybridized carbons (Fsp3) is 0.278. The second-order valence-electron chi connectivity index (χ2n) is 6.01. The molecular formula is C18H15F3N2O3S. The van der Waals surface area contributed by atoms with Crippen molar-refractivity contribution < 1.29 is 27.5 Å². The highest BCUT2D eigenvalue weighted by atomic mass is 32.2. The van der Waals surface area contributed by atoms with Gasteiger partial charge in [0.1, 0.15) is 0 Å². The Kier molecular flexibility index (Phi) is 4.67. The Hall–Kier alpha value is -2.55. The third-order valence-electron chi connectivity index (χ3n) is 4.39. The first-order valence-electron chi connectivity index (χ1n) is 7.84. The third-order valence-corrected chi connectivity index (χ3v) is 5.77. The lowest BCUT2D eigenvalue weighted by Gasteiger charge is -2.29. The molecule has 9 heteroatoms. The highest BCUT2D eigenvalue weighted by Crippen LogP contribution is 2.59. The number of fused-ring (bicyclic) bond motifs is 1. The van der Waals surface area contributed by atoms with Crippen molar-refractivity contribution in [2.24, 2.45) is 0 Å². The van der Waals surface area contributed by atoms with Crippen molar-refractivity contribution in [3.63, 3.8) is 0 Å². The molecule has 2 amide bonds. The van der Waals surface area contributed by atoms with Crippen molar-refractivity contribution in [1.82, 2.24) is 4.98 Å². The molecule has 5 nitrogen and oxygen atoms in total. The summed E-state index contributed by atoms with van der Waals surface area (Å²) >= 11 is 0.268. The molecule has 0 spiro atoms. The van der Waals surface area contributed by atoms with E-state index >= 15 is 0 Å². The average molecular weight is 396 g/mol. The number of imide groups is 1. The standard InChI is InChI=1S/C18H15F3N2O3S/c1-10-8-12-13(9-11(10)2)23(16(25)26-3)15(24)17(12,18(19,20)21)27-14-6-4-5-7-22-14/h4-9H,1-3H3/t17-/m1/s1. The van der Waals surface area contributed by atoms with Gasteiger partial charge in [-0.25, -0.2) is 14.7 Å². The van der Waals surface area contributed by atoms with Crippen molar-refractivity contribution in [2.75, 3.05) is 12.0 Å². The largest absolute Gasteiger partial charge is 0.452 e. The quantitative estimate of drug-likeness (QED) is 0.755. The van der Waals surface area contributed by atoms with Crippen molar-refractivity contribution in [1.29, 1.82) is 0 Å². The van der Waals surface area contributed by atoms with Gasteiger partial charge in [0, 0.05) is 11.8 Å². The number of carbonyl (C=O) groups is 2. The summed E-state index contributed by atoms with van der Waals surface area (Å²) in [5.41, 5.74) is 0.791. The number of hydrogen-bond acceptors (Lipinski definition) is 5. The maximum atomic E-state index is 14.4. The van der Waals surface area contributed by atoms with Crippen LogP contribution in [0.15, 0.2) is 41.6 Å². The summed E-state index contributed by atoms with van der Waals surface area (Å²) in [6.07, 6.45) is -4.81. The smallest absolute Gasteiger partial charge is 0.421 e. The number of aromatic nitrogens is 1. The molecule has 0 radical (unpaired) electrons. The molecule has 27 heavy (non-hydrogen) atoms.